The number of aryl methyl sites for hydroxylation is 1. The number of alkyl halides is 2. The molecule has 0 fully saturated rings. The third kappa shape index (κ3) is 6.03. The fraction of sp³-hybridized carbons (Fsp3) is 0.174. The number of rotatable bonds is 7. The van der Waals surface area contributed by atoms with Gasteiger partial charge in [-0.15, -0.1) is 5.10 Å². The van der Waals surface area contributed by atoms with Crippen LogP contribution in [0.3, 0.4) is 0 Å². The van der Waals surface area contributed by atoms with Gasteiger partial charge in [-0.1, -0.05) is 16.8 Å². The van der Waals surface area contributed by atoms with Gasteiger partial charge >= 0.3 is 6.09 Å². The van der Waals surface area contributed by atoms with E-state index in [0.29, 0.717) is 11.4 Å². The van der Waals surface area contributed by atoms with Crippen LogP contribution in [0.15, 0.2) is 48.9 Å². The first kappa shape index (κ1) is 26.5. The van der Waals surface area contributed by atoms with E-state index in [-0.39, 0.29) is 27.8 Å². The van der Waals surface area contributed by atoms with E-state index in [1.807, 2.05) is 0 Å². The molecular weight excluding hydrogens is 529 g/mol. The van der Waals surface area contributed by atoms with Crippen molar-refractivity contribution in [2.45, 2.75) is 19.5 Å². The summed E-state index contributed by atoms with van der Waals surface area (Å²) in [4.78, 5) is 36.4. The number of nitrogens with one attached hydrogen (secondary N) is 2. The SMILES string of the molecule is C[C@@H](OC(=O)Nc1c(-c2ccc(NC(=O)c3ccc(C(F)F)nc3)cn2)nnn1C)c1cc(F)cnc1Cl. The number of halogens is 4. The van der Waals surface area contributed by atoms with Crippen molar-refractivity contribution in [1.82, 2.24) is 29.9 Å². The lowest BCUT2D eigenvalue weighted by atomic mass is 10.2. The van der Waals surface area contributed by atoms with E-state index in [2.05, 4.69) is 35.9 Å². The van der Waals surface area contributed by atoms with Crippen molar-refractivity contribution in [3.05, 3.63) is 76.7 Å². The van der Waals surface area contributed by atoms with Crippen LogP contribution in [0, 0.1) is 5.82 Å². The molecule has 196 valence electrons. The van der Waals surface area contributed by atoms with Crippen LogP contribution >= 0.6 is 11.6 Å². The number of aromatic nitrogens is 6. The monoisotopic (exact) mass is 546 g/mol. The number of carbonyl (C=O) groups excluding carboxylic acids is 2. The van der Waals surface area contributed by atoms with Crippen LogP contribution in [0.25, 0.3) is 11.4 Å². The predicted octanol–water partition coefficient (Wildman–Crippen LogP) is 4.96. The van der Waals surface area contributed by atoms with Gasteiger partial charge in [-0.25, -0.2) is 27.6 Å². The molecule has 2 N–H and O–H groups in total. The molecule has 2 amide bonds. The molecule has 0 aliphatic rings. The second-order valence-corrected chi connectivity index (χ2v) is 8.13. The maximum atomic E-state index is 13.5. The maximum Gasteiger partial charge on any atom is 0.413 e. The lowest BCUT2D eigenvalue weighted by Crippen LogP contribution is -2.19. The van der Waals surface area contributed by atoms with Crippen molar-refractivity contribution in [3.8, 4) is 11.4 Å². The zero-order valence-corrected chi connectivity index (χ0v) is 20.4. The predicted molar refractivity (Wildman–Crippen MR) is 129 cm³/mol. The average Bonchev–Trinajstić information content (AvgIpc) is 3.25. The molecule has 0 unspecified atom stereocenters. The number of pyridine rings is 3. The molecule has 0 bridgehead atoms. The van der Waals surface area contributed by atoms with E-state index >= 15 is 0 Å². The van der Waals surface area contributed by atoms with E-state index < -0.39 is 36.0 Å². The molecule has 15 heteroatoms. The maximum absolute atomic E-state index is 13.5. The molecule has 0 saturated heterocycles. The molecule has 4 aromatic rings. The second kappa shape index (κ2) is 11.2. The van der Waals surface area contributed by atoms with Crippen LogP contribution in [0.5, 0.6) is 0 Å². The molecular formula is C23H18ClF3N8O3. The lowest BCUT2D eigenvalue weighted by Gasteiger charge is -2.15. The summed E-state index contributed by atoms with van der Waals surface area (Å²) in [6, 6.07) is 6.47. The molecule has 0 aromatic carbocycles. The molecule has 0 radical (unpaired) electrons. The summed E-state index contributed by atoms with van der Waals surface area (Å²) in [6.07, 6.45) is -1.21. The number of amides is 2. The van der Waals surface area contributed by atoms with E-state index in [9.17, 15) is 22.8 Å². The minimum atomic E-state index is -2.74. The molecule has 11 nitrogen and oxygen atoms in total. The standard InChI is InChI=1S/C23H18ClF3N8O3/c1-11(15-7-13(25)9-30-19(15)24)38-23(37)32-21-18(33-34-35(21)2)16-6-4-14(10-29-16)31-22(36)12-3-5-17(20(26)27)28-8-12/h3-11,20H,1-2H3,(H,31,36)(H,32,37)/t11-/m1/s1. The quantitative estimate of drug-likeness (QED) is 0.310. The van der Waals surface area contributed by atoms with Gasteiger partial charge in [0.2, 0.25) is 0 Å². The Labute approximate surface area is 218 Å². The van der Waals surface area contributed by atoms with E-state index in [4.69, 9.17) is 16.3 Å². The van der Waals surface area contributed by atoms with Gasteiger partial charge in [-0.05, 0) is 37.3 Å². The summed E-state index contributed by atoms with van der Waals surface area (Å²) in [5, 5.41) is 13.0. The molecule has 0 aliphatic carbocycles. The summed E-state index contributed by atoms with van der Waals surface area (Å²) >= 11 is 5.97. The van der Waals surface area contributed by atoms with Crippen molar-refractivity contribution in [1.29, 1.82) is 0 Å². The van der Waals surface area contributed by atoms with Gasteiger partial charge in [-0.2, -0.15) is 0 Å². The minimum absolute atomic E-state index is 0.00703. The zero-order valence-electron chi connectivity index (χ0n) is 19.7. The Bertz CT molecular complexity index is 1470. The van der Waals surface area contributed by atoms with Gasteiger partial charge in [-0.3, -0.25) is 20.1 Å². The number of hydrogen-bond donors (Lipinski definition) is 2. The first-order chi connectivity index (χ1) is 18.1. The number of anilines is 2. The van der Waals surface area contributed by atoms with Crippen molar-refractivity contribution < 1.29 is 27.5 Å². The highest BCUT2D eigenvalue weighted by Crippen LogP contribution is 2.27. The average molecular weight is 547 g/mol. The molecule has 4 rings (SSSR count). The molecule has 4 aromatic heterocycles. The normalized spacial score (nSPS) is 11.8. The van der Waals surface area contributed by atoms with Crippen LogP contribution in [0.2, 0.25) is 5.15 Å². The largest absolute Gasteiger partial charge is 0.441 e. The molecule has 4 heterocycles. The Morgan fingerprint density at radius 1 is 1.05 bits per heavy atom. The third-order valence-corrected chi connectivity index (χ3v) is 5.45. The lowest BCUT2D eigenvalue weighted by molar-refractivity contribution is 0.102. The molecule has 38 heavy (non-hydrogen) atoms. The third-order valence-electron chi connectivity index (χ3n) is 5.14. The summed E-state index contributed by atoms with van der Waals surface area (Å²) in [7, 11) is 1.53. The second-order valence-electron chi connectivity index (χ2n) is 7.78. The Hall–Kier alpha value is -4.59. The number of carbonyl (C=O) groups is 2. The van der Waals surface area contributed by atoms with Gasteiger partial charge < -0.3 is 10.1 Å². The summed E-state index contributed by atoms with van der Waals surface area (Å²) in [5.74, 6) is -1.05. The van der Waals surface area contributed by atoms with Gasteiger partial charge in [0.1, 0.15) is 22.8 Å². The number of hydrogen-bond acceptors (Lipinski definition) is 8. The van der Waals surface area contributed by atoms with Crippen molar-refractivity contribution in [2.75, 3.05) is 10.6 Å². The smallest absolute Gasteiger partial charge is 0.413 e. The van der Waals surface area contributed by atoms with Crippen molar-refractivity contribution >= 4 is 35.1 Å². The highest BCUT2D eigenvalue weighted by atomic mass is 35.5. The minimum Gasteiger partial charge on any atom is -0.441 e. The van der Waals surface area contributed by atoms with Gasteiger partial charge in [0, 0.05) is 18.8 Å². The number of ether oxygens (including phenoxy) is 1. The summed E-state index contributed by atoms with van der Waals surface area (Å²) in [5.41, 5.74) is 0.650. The fourth-order valence-corrected chi connectivity index (χ4v) is 3.48. The van der Waals surface area contributed by atoms with Crippen LogP contribution in [0.1, 0.15) is 41.1 Å². The Morgan fingerprint density at radius 3 is 2.50 bits per heavy atom. The summed E-state index contributed by atoms with van der Waals surface area (Å²) in [6.45, 7) is 1.50. The topological polar surface area (TPSA) is 137 Å². The zero-order chi connectivity index (χ0) is 27.4. The molecule has 0 saturated carbocycles. The Kier molecular flexibility index (Phi) is 7.81. The van der Waals surface area contributed by atoms with Gasteiger partial charge in [0.15, 0.2) is 11.5 Å². The van der Waals surface area contributed by atoms with E-state index in [1.165, 1.54) is 43.0 Å². The Morgan fingerprint density at radius 2 is 1.84 bits per heavy atom. The van der Waals surface area contributed by atoms with Crippen LogP contribution in [-0.4, -0.2) is 41.9 Å². The first-order valence-corrected chi connectivity index (χ1v) is 11.2. The highest BCUT2D eigenvalue weighted by Gasteiger charge is 2.21. The van der Waals surface area contributed by atoms with Gasteiger partial charge in [0.25, 0.3) is 12.3 Å². The fourth-order valence-electron chi connectivity index (χ4n) is 3.22. The highest BCUT2D eigenvalue weighted by molar-refractivity contribution is 6.30. The molecule has 1 atom stereocenters. The first-order valence-electron chi connectivity index (χ1n) is 10.8. The Balaban J connectivity index is 1.43. The summed E-state index contributed by atoms with van der Waals surface area (Å²) < 4.78 is 45.4. The van der Waals surface area contributed by atoms with Gasteiger partial charge in [0.05, 0.1) is 29.3 Å². The molecule has 0 spiro atoms. The van der Waals surface area contributed by atoms with Crippen LogP contribution in [-0.2, 0) is 11.8 Å². The van der Waals surface area contributed by atoms with Crippen molar-refractivity contribution in [3.63, 3.8) is 0 Å². The molecule has 0 aliphatic heterocycles. The van der Waals surface area contributed by atoms with Crippen LogP contribution < -0.4 is 10.6 Å². The van der Waals surface area contributed by atoms with E-state index in [1.54, 1.807) is 0 Å². The van der Waals surface area contributed by atoms with Crippen molar-refractivity contribution in [2.24, 2.45) is 7.05 Å². The number of nitrogens with zero attached hydrogens (tertiary/aromatic N) is 6. The van der Waals surface area contributed by atoms with Crippen LogP contribution in [0.4, 0.5) is 29.5 Å². The van der Waals surface area contributed by atoms with E-state index in [0.717, 1.165) is 24.5 Å².